The molecule has 0 aliphatic rings. The largest absolute Gasteiger partial charge is 0.334 e. The number of nitrogens with one attached hydrogen (secondary N) is 1. The van der Waals surface area contributed by atoms with E-state index >= 15 is 0 Å². The van der Waals surface area contributed by atoms with Crippen LogP contribution in [-0.2, 0) is 13.0 Å². The Balaban J connectivity index is 2.04. The Bertz CT molecular complexity index is 518. The fourth-order valence-corrected chi connectivity index (χ4v) is 2.36. The van der Waals surface area contributed by atoms with Crippen LogP contribution < -0.4 is 11.3 Å². The lowest BCUT2D eigenvalue weighted by Gasteiger charge is -2.16. The predicted octanol–water partition coefficient (Wildman–Crippen LogP) is 2.35. The van der Waals surface area contributed by atoms with Gasteiger partial charge in [-0.3, -0.25) is 5.84 Å². The summed E-state index contributed by atoms with van der Waals surface area (Å²) in [5, 5.41) is 0. The highest BCUT2D eigenvalue weighted by atomic mass is 15.3. The molecule has 1 aromatic heterocycles. The van der Waals surface area contributed by atoms with Crippen molar-refractivity contribution in [2.45, 2.75) is 39.3 Å². The lowest BCUT2D eigenvalue weighted by Crippen LogP contribution is -2.30. The molecule has 1 aromatic carbocycles. The fraction of sp³-hybridized carbons (Fsp3) is 0.400. The molecule has 0 amide bonds. The molecule has 0 saturated carbocycles. The number of rotatable bonds is 6. The van der Waals surface area contributed by atoms with E-state index in [0.29, 0.717) is 0 Å². The van der Waals surface area contributed by atoms with Crippen molar-refractivity contribution in [2.24, 2.45) is 5.84 Å². The number of imidazole rings is 1. The third-order valence-corrected chi connectivity index (χ3v) is 3.41. The minimum absolute atomic E-state index is 0.0930. The van der Waals surface area contributed by atoms with Gasteiger partial charge in [0.15, 0.2) is 0 Å². The van der Waals surface area contributed by atoms with Crippen molar-refractivity contribution >= 4 is 0 Å². The van der Waals surface area contributed by atoms with Crippen molar-refractivity contribution in [1.29, 1.82) is 0 Å². The van der Waals surface area contributed by atoms with Crippen molar-refractivity contribution in [2.75, 3.05) is 0 Å². The molecule has 102 valence electrons. The quantitative estimate of drug-likeness (QED) is 0.617. The first-order valence-electron chi connectivity index (χ1n) is 6.77. The monoisotopic (exact) mass is 258 g/mol. The van der Waals surface area contributed by atoms with Gasteiger partial charge in [0.25, 0.3) is 0 Å². The maximum Gasteiger partial charge on any atom is 0.127 e. The summed E-state index contributed by atoms with van der Waals surface area (Å²) >= 11 is 0. The lowest BCUT2D eigenvalue weighted by molar-refractivity contribution is 0.469. The van der Waals surface area contributed by atoms with Gasteiger partial charge >= 0.3 is 0 Å². The molecule has 0 radical (unpaired) electrons. The Morgan fingerprint density at radius 3 is 2.95 bits per heavy atom. The summed E-state index contributed by atoms with van der Waals surface area (Å²) in [7, 11) is 0. The second-order valence-electron chi connectivity index (χ2n) is 4.82. The molecule has 1 atom stereocenters. The van der Waals surface area contributed by atoms with Gasteiger partial charge in [-0.15, -0.1) is 0 Å². The number of benzene rings is 1. The number of hydrazine groups is 1. The van der Waals surface area contributed by atoms with E-state index in [0.717, 1.165) is 25.2 Å². The second kappa shape index (κ2) is 6.50. The molecule has 19 heavy (non-hydrogen) atoms. The average Bonchev–Trinajstić information content (AvgIpc) is 2.88. The highest BCUT2D eigenvalue weighted by molar-refractivity contribution is 5.22. The van der Waals surface area contributed by atoms with Crippen LogP contribution in [0.3, 0.4) is 0 Å². The van der Waals surface area contributed by atoms with Crippen LogP contribution in [0.5, 0.6) is 0 Å². The zero-order valence-electron chi connectivity index (χ0n) is 11.6. The van der Waals surface area contributed by atoms with Crippen LogP contribution in [0.2, 0.25) is 0 Å². The summed E-state index contributed by atoms with van der Waals surface area (Å²) in [4.78, 5) is 4.41. The zero-order valence-corrected chi connectivity index (χ0v) is 11.6. The minimum atomic E-state index is 0.0930. The maximum atomic E-state index is 5.68. The molecule has 2 aromatic rings. The Morgan fingerprint density at radius 1 is 1.42 bits per heavy atom. The molecule has 0 fully saturated rings. The molecule has 0 spiro atoms. The first kappa shape index (κ1) is 13.8. The summed E-state index contributed by atoms with van der Waals surface area (Å²) in [5.41, 5.74) is 5.52. The zero-order chi connectivity index (χ0) is 13.7. The van der Waals surface area contributed by atoms with Crippen molar-refractivity contribution in [1.82, 2.24) is 15.0 Å². The van der Waals surface area contributed by atoms with Crippen LogP contribution in [-0.4, -0.2) is 9.55 Å². The van der Waals surface area contributed by atoms with Gasteiger partial charge < -0.3 is 4.57 Å². The van der Waals surface area contributed by atoms with E-state index in [1.807, 2.05) is 12.4 Å². The van der Waals surface area contributed by atoms with Gasteiger partial charge in [-0.2, -0.15) is 0 Å². The van der Waals surface area contributed by atoms with E-state index in [1.54, 1.807) is 0 Å². The predicted molar refractivity (Wildman–Crippen MR) is 77.5 cm³/mol. The number of hydrogen-bond acceptors (Lipinski definition) is 3. The van der Waals surface area contributed by atoms with E-state index in [1.165, 1.54) is 11.1 Å². The van der Waals surface area contributed by atoms with Gasteiger partial charge in [-0.1, -0.05) is 29.8 Å². The SMILES string of the molecule is CCn1ccnc1C(CCc1cccc(C)c1)NN. The number of hydrogen-bond donors (Lipinski definition) is 2. The van der Waals surface area contributed by atoms with E-state index in [-0.39, 0.29) is 6.04 Å². The van der Waals surface area contributed by atoms with Crippen molar-refractivity contribution in [3.8, 4) is 0 Å². The molecule has 2 rings (SSSR count). The number of aromatic nitrogens is 2. The number of nitrogens with zero attached hydrogens (tertiary/aromatic N) is 2. The highest BCUT2D eigenvalue weighted by Crippen LogP contribution is 2.17. The molecule has 1 unspecified atom stereocenters. The summed E-state index contributed by atoms with van der Waals surface area (Å²) in [6.07, 6.45) is 5.76. The van der Waals surface area contributed by atoms with E-state index in [9.17, 15) is 0 Å². The molecule has 0 aliphatic heterocycles. The van der Waals surface area contributed by atoms with Gasteiger partial charge in [0, 0.05) is 18.9 Å². The van der Waals surface area contributed by atoms with Crippen LogP contribution in [0.15, 0.2) is 36.7 Å². The summed E-state index contributed by atoms with van der Waals surface area (Å²) in [6.45, 7) is 5.14. The summed E-state index contributed by atoms with van der Waals surface area (Å²) in [6, 6.07) is 8.69. The molecule has 4 heteroatoms. The second-order valence-corrected chi connectivity index (χ2v) is 4.82. The standard InChI is InChI=1S/C15H22N4/c1-3-19-10-9-17-15(19)14(18-16)8-7-13-6-4-5-12(2)11-13/h4-6,9-11,14,18H,3,7-8,16H2,1-2H3. The highest BCUT2D eigenvalue weighted by Gasteiger charge is 2.14. The molecule has 4 nitrogen and oxygen atoms in total. The third-order valence-electron chi connectivity index (χ3n) is 3.41. The van der Waals surface area contributed by atoms with E-state index < -0.39 is 0 Å². The van der Waals surface area contributed by atoms with Crippen molar-refractivity contribution < 1.29 is 0 Å². The first-order chi connectivity index (χ1) is 9.24. The Morgan fingerprint density at radius 2 is 2.26 bits per heavy atom. The van der Waals surface area contributed by atoms with E-state index in [4.69, 9.17) is 5.84 Å². The van der Waals surface area contributed by atoms with Crippen LogP contribution >= 0.6 is 0 Å². The number of nitrogens with two attached hydrogens (primary N) is 1. The Kier molecular flexibility index (Phi) is 4.71. The normalized spacial score (nSPS) is 12.6. The summed E-state index contributed by atoms with van der Waals surface area (Å²) < 4.78 is 2.13. The average molecular weight is 258 g/mol. The van der Waals surface area contributed by atoms with Gasteiger partial charge in [-0.25, -0.2) is 10.4 Å². The van der Waals surface area contributed by atoms with Gasteiger partial charge in [-0.05, 0) is 32.3 Å². The molecule has 1 heterocycles. The van der Waals surface area contributed by atoms with Crippen LogP contribution in [0.4, 0.5) is 0 Å². The van der Waals surface area contributed by atoms with E-state index in [2.05, 4.69) is 53.1 Å². The van der Waals surface area contributed by atoms with Gasteiger partial charge in [0.1, 0.15) is 5.82 Å². The maximum absolute atomic E-state index is 5.68. The summed E-state index contributed by atoms with van der Waals surface area (Å²) in [5.74, 6) is 6.69. The Hall–Kier alpha value is -1.65. The molecule has 0 aliphatic carbocycles. The fourth-order valence-electron chi connectivity index (χ4n) is 2.36. The van der Waals surface area contributed by atoms with Gasteiger partial charge in [0.2, 0.25) is 0 Å². The van der Waals surface area contributed by atoms with Crippen LogP contribution in [0, 0.1) is 6.92 Å². The first-order valence-corrected chi connectivity index (χ1v) is 6.77. The molecular formula is C15H22N4. The Labute approximate surface area is 114 Å². The molecule has 3 N–H and O–H groups in total. The molecule has 0 saturated heterocycles. The minimum Gasteiger partial charge on any atom is -0.334 e. The smallest absolute Gasteiger partial charge is 0.127 e. The third kappa shape index (κ3) is 3.43. The van der Waals surface area contributed by atoms with Gasteiger partial charge in [0.05, 0.1) is 6.04 Å². The number of aryl methyl sites for hydroxylation is 3. The van der Waals surface area contributed by atoms with Crippen LogP contribution in [0.25, 0.3) is 0 Å². The topological polar surface area (TPSA) is 55.9 Å². The van der Waals surface area contributed by atoms with Crippen LogP contribution in [0.1, 0.15) is 36.3 Å². The molecular weight excluding hydrogens is 236 g/mol. The lowest BCUT2D eigenvalue weighted by atomic mass is 10.0. The van der Waals surface area contributed by atoms with Crippen molar-refractivity contribution in [3.05, 3.63) is 53.6 Å². The molecule has 0 bridgehead atoms. The van der Waals surface area contributed by atoms with Crippen molar-refractivity contribution in [3.63, 3.8) is 0 Å².